The molecular weight excluding hydrogens is 264 g/mol. The number of nitrogens with one attached hydrogen (secondary N) is 2. The molecule has 0 aliphatic heterocycles. The molecule has 0 heterocycles. The maximum absolute atomic E-state index is 12.0. The van der Waals surface area contributed by atoms with Crippen molar-refractivity contribution in [2.24, 2.45) is 5.92 Å². The fraction of sp³-hybridized carbons (Fsp3) is 0.412. The summed E-state index contributed by atoms with van der Waals surface area (Å²) in [4.78, 5) is 23.9. The predicted octanol–water partition coefficient (Wildman–Crippen LogP) is 2.71. The van der Waals surface area contributed by atoms with Crippen LogP contribution >= 0.6 is 0 Å². The number of hydrogen-bond acceptors (Lipinski definition) is 2. The average Bonchev–Trinajstić information content (AvgIpc) is 2.50. The van der Waals surface area contributed by atoms with Crippen molar-refractivity contribution in [1.29, 1.82) is 0 Å². The molecule has 0 radical (unpaired) electrons. The molecule has 21 heavy (non-hydrogen) atoms. The van der Waals surface area contributed by atoms with Crippen molar-refractivity contribution in [1.82, 2.24) is 5.32 Å². The zero-order valence-electron chi connectivity index (χ0n) is 12.6. The fourth-order valence-electron chi connectivity index (χ4n) is 2.42. The molecule has 2 N–H and O–H groups in total. The van der Waals surface area contributed by atoms with Gasteiger partial charge in [0.1, 0.15) is 0 Å². The highest BCUT2D eigenvalue weighted by atomic mass is 16.2. The van der Waals surface area contributed by atoms with Crippen molar-refractivity contribution in [2.75, 3.05) is 11.9 Å². The minimum Gasteiger partial charge on any atom is -0.347 e. The van der Waals surface area contributed by atoms with Crippen molar-refractivity contribution in [3.8, 4) is 0 Å². The summed E-state index contributed by atoms with van der Waals surface area (Å²) in [6.45, 7) is 3.99. The third-order valence-electron chi connectivity index (χ3n) is 3.94. The SMILES string of the molecule is Cc1cccc(NC(=O)CNC(=O)[C@@H]2CC=CCC2)c1C. The second kappa shape index (κ2) is 7.07. The fourth-order valence-corrected chi connectivity index (χ4v) is 2.42. The Kier molecular flexibility index (Phi) is 5.14. The van der Waals surface area contributed by atoms with Gasteiger partial charge in [-0.1, -0.05) is 24.3 Å². The molecule has 0 unspecified atom stereocenters. The minimum absolute atomic E-state index is 0.00325. The van der Waals surface area contributed by atoms with E-state index in [0.29, 0.717) is 0 Å². The van der Waals surface area contributed by atoms with Crippen LogP contribution < -0.4 is 10.6 Å². The second-order valence-electron chi connectivity index (χ2n) is 5.49. The number of carbonyl (C=O) groups excluding carboxylic acids is 2. The van der Waals surface area contributed by atoms with Crippen molar-refractivity contribution in [3.05, 3.63) is 41.5 Å². The van der Waals surface area contributed by atoms with Gasteiger partial charge in [-0.3, -0.25) is 9.59 Å². The van der Waals surface area contributed by atoms with E-state index in [4.69, 9.17) is 0 Å². The van der Waals surface area contributed by atoms with Crippen molar-refractivity contribution >= 4 is 17.5 Å². The number of anilines is 1. The lowest BCUT2D eigenvalue weighted by molar-refractivity contribution is -0.127. The van der Waals surface area contributed by atoms with Crippen molar-refractivity contribution in [3.63, 3.8) is 0 Å². The van der Waals surface area contributed by atoms with E-state index < -0.39 is 0 Å². The van der Waals surface area contributed by atoms with Crippen LogP contribution in [0, 0.1) is 19.8 Å². The van der Waals surface area contributed by atoms with Crippen LogP contribution in [0.5, 0.6) is 0 Å². The van der Waals surface area contributed by atoms with Crippen molar-refractivity contribution in [2.45, 2.75) is 33.1 Å². The summed E-state index contributed by atoms with van der Waals surface area (Å²) in [5, 5.41) is 5.56. The van der Waals surface area contributed by atoms with Crippen LogP contribution in [0.15, 0.2) is 30.4 Å². The molecule has 0 fully saturated rings. The van der Waals surface area contributed by atoms with Crippen LogP contribution in [0.1, 0.15) is 30.4 Å². The highest BCUT2D eigenvalue weighted by Gasteiger charge is 2.19. The maximum atomic E-state index is 12.0. The largest absolute Gasteiger partial charge is 0.347 e. The first kappa shape index (κ1) is 15.3. The van der Waals surface area contributed by atoms with Gasteiger partial charge in [0.25, 0.3) is 0 Å². The predicted molar refractivity (Wildman–Crippen MR) is 84.0 cm³/mol. The Hall–Kier alpha value is -2.10. The van der Waals surface area contributed by atoms with Crippen molar-refractivity contribution < 1.29 is 9.59 Å². The van der Waals surface area contributed by atoms with E-state index in [2.05, 4.69) is 16.7 Å². The van der Waals surface area contributed by atoms with E-state index in [-0.39, 0.29) is 24.3 Å². The normalized spacial score (nSPS) is 17.3. The summed E-state index contributed by atoms with van der Waals surface area (Å²) in [7, 11) is 0. The molecule has 0 saturated carbocycles. The van der Waals surface area contributed by atoms with Gasteiger partial charge in [-0.25, -0.2) is 0 Å². The van der Waals surface area contributed by atoms with Crippen LogP contribution in [-0.4, -0.2) is 18.4 Å². The maximum Gasteiger partial charge on any atom is 0.243 e. The lowest BCUT2D eigenvalue weighted by Gasteiger charge is -2.17. The number of rotatable bonds is 4. The van der Waals surface area contributed by atoms with Crippen LogP contribution in [0.3, 0.4) is 0 Å². The Morgan fingerprint density at radius 1 is 1.24 bits per heavy atom. The van der Waals surface area contributed by atoms with Gasteiger partial charge in [-0.05, 0) is 50.3 Å². The smallest absolute Gasteiger partial charge is 0.243 e. The van der Waals surface area contributed by atoms with Gasteiger partial charge in [0.05, 0.1) is 6.54 Å². The first-order valence-electron chi connectivity index (χ1n) is 7.36. The molecule has 1 atom stereocenters. The van der Waals surface area contributed by atoms with Gasteiger partial charge in [0, 0.05) is 11.6 Å². The number of amides is 2. The zero-order chi connectivity index (χ0) is 15.2. The van der Waals surface area contributed by atoms with Gasteiger partial charge in [0.2, 0.25) is 11.8 Å². The number of hydrogen-bond donors (Lipinski definition) is 2. The number of benzene rings is 1. The topological polar surface area (TPSA) is 58.2 Å². The summed E-state index contributed by atoms with van der Waals surface area (Å²) in [6, 6.07) is 5.78. The molecule has 1 aliphatic carbocycles. The Balaban J connectivity index is 1.83. The molecule has 1 aliphatic rings. The van der Waals surface area contributed by atoms with Crippen LogP contribution in [0.4, 0.5) is 5.69 Å². The first-order valence-corrected chi connectivity index (χ1v) is 7.36. The summed E-state index contributed by atoms with van der Waals surface area (Å²) >= 11 is 0. The minimum atomic E-state index is -0.191. The van der Waals surface area contributed by atoms with E-state index in [0.717, 1.165) is 36.1 Å². The number of allylic oxidation sites excluding steroid dienone is 2. The molecule has 0 bridgehead atoms. The van der Waals surface area contributed by atoms with Gasteiger partial charge in [-0.15, -0.1) is 0 Å². The molecular formula is C17H22N2O2. The molecule has 1 aromatic rings. The Labute approximate surface area is 125 Å². The number of carbonyl (C=O) groups is 2. The Bertz CT molecular complexity index is 564. The van der Waals surface area contributed by atoms with Crippen LogP contribution in [0.2, 0.25) is 0 Å². The van der Waals surface area contributed by atoms with Gasteiger partial charge in [0.15, 0.2) is 0 Å². The highest BCUT2D eigenvalue weighted by Crippen LogP contribution is 2.19. The zero-order valence-corrected chi connectivity index (χ0v) is 12.6. The lowest BCUT2D eigenvalue weighted by atomic mass is 9.94. The monoisotopic (exact) mass is 286 g/mol. The van der Waals surface area contributed by atoms with Crippen LogP contribution in [-0.2, 0) is 9.59 Å². The molecule has 2 amide bonds. The highest BCUT2D eigenvalue weighted by molar-refractivity contribution is 5.95. The Morgan fingerprint density at radius 3 is 2.76 bits per heavy atom. The van der Waals surface area contributed by atoms with Gasteiger partial charge in [-0.2, -0.15) is 0 Å². The molecule has 112 valence electrons. The second-order valence-corrected chi connectivity index (χ2v) is 5.49. The summed E-state index contributed by atoms with van der Waals surface area (Å²) in [6.07, 6.45) is 6.69. The van der Waals surface area contributed by atoms with Gasteiger partial charge >= 0.3 is 0 Å². The van der Waals surface area contributed by atoms with E-state index >= 15 is 0 Å². The van der Waals surface area contributed by atoms with E-state index in [9.17, 15) is 9.59 Å². The summed E-state index contributed by atoms with van der Waals surface area (Å²) < 4.78 is 0. The summed E-state index contributed by atoms with van der Waals surface area (Å²) in [5.74, 6) is -0.220. The quantitative estimate of drug-likeness (QED) is 0.836. The molecule has 0 aromatic heterocycles. The average molecular weight is 286 g/mol. The third kappa shape index (κ3) is 4.18. The summed E-state index contributed by atoms with van der Waals surface area (Å²) in [5.41, 5.74) is 2.98. The molecule has 0 saturated heterocycles. The Morgan fingerprint density at radius 2 is 2.05 bits per heavy atom. The third-order valence-corrected chi connectivity index (χ3v) is 3.94. The number of aryl methyl sites for hydroxylation is 1. The molecule has 2 rings (SSSR count). The van der Waals surface area contributed by atoms with E-state index in [1.807, 2.05) is 38.1 Å². The standard InChI is InChI=1S/C17H22N2O2/c1-12-7-6-10-15(13(12)2)19-16(20)11-18-17(21)14-8-4-3-5-9-14/h3-4,6-7,10,14H,5,8-9,11H2,1-2H3,(H,18,21)(H,19,20)/t14-/m1/s1. The van der Waals surface area contributed by atoms with Gasteiger partial charge < -0.3 is 10.6 Å². The molecule has 4 heteroatoms. The van der Waals surface area contributed by atoms with E-state index in [1.165, 1.54) is 0 Å². The van der Waals surface area contributed by atoms with E-state index in [1.54, 1.807) is 0 Å². The molecule has 1 aromatic carbocycles. The first-order chi connectivity index (χ1) is 10.1. The van der Waals surface area contributed by atoms with Crippen LogP contribution in [0.25, 0.3) is 0 Å². The lowest BCUT2D eigenvalue weighted by Crippen LogP contribution is -2.37. The molecule has 4 nitrogen and oxygen atoms in total. The molecule has 0 spiro atoms.